The zero-order valence-corrected chi connectivity index (χ0v) is 14.5. The van der Waals surface area contributed by atoms with Crippen LogP contribution < -0.4 is 4.74 Å². The highest BCUT2D eigenvalue weighted by Crippen LogP contribution is 2.58. The second-order valence-electron chi connectivity index (χ2n) is 6.15. The molecule has 0 aliphatic heterocycles. The molecule has 2 aliphatic rings. The summed E-state index contributed by atoms with van der Waals surface area (Å²) in [6.07, 6.45) is 8.15. The molecule has 0 saturated heterocycles. The Morgan fingerprint density at radius 1 is 1.32 bits per heavy atom. The highest BCUT2D eigenvalue weighted by atomic mass is 35.5. The number of ketones is 1. The number of carbonyl (C=O) groups is 1. The van der Waals surface area contributed by atoms with Gasteiger partial charge in [0.1, 0.15) is 10.8 Å². The average Bonchev–Trinajstić information content (AvgIpc) is 2.79. The number of Topliss-reactive ketones (excluding diaryl/α,β-unsaturated/α-hetero) is 1. The van der Waals surface area contributed by atoms with E-state index in [1.807, 2.05) is 0 Å². The molecule has 1 unspecified atom stereocenters. The fraction of sp³-hybridized carbons (Fsp3) is 0.500. The van der Waals surface area contributed by atoms with Crippen LogP contribution in [0.2, 0.25) is 10.0 Å². The first-order chi connectivity index (χ1) is 10.6. The molecule has 0 bridgehead atoms. The quantitative estimate of drug-likeness (QED) is 0.678. The van der Waals surface area contributed by atoms with Crippen molar-refractivity contribution >= 4 is 34.6 Å². The van der Waals surface area contributed by atoms with Crippen molar-refractivity contribution < 1.29 is 9.53 Å². The van der Waals surface area contributed by atoms with Crippen LogP contribution in [0, 0.1) is 5.41 Å². The molecule has 0 amide bonds. The lowest BCUT2D eigenvalue weighted by Crippen LogP contribution is -2.29. The largest absolute Gasteiger partial charge is 0.495 e. The summed E-state index contributed by atoms with van der Waals surface area (Å²) in [5.41, 5.74) is 2.22. The zero-order valence-electron chi connectivity index (χ0n) is 13.0. The molecule has 1 aromatic carbocycles. The Morgan fingerprint density at radius 2 is 2.09 bits per heavy atom. The smallest absolute Gasteiger partial charge is 0.174 e. The van der Waals surface area contributed by atoms with Gasteiger partial charge < -0.3 is 4.74 Å². The highest BCUT2D eigenvalue weighted by Gasteiger charge is 2.50. The fourth-order valence-electron chi connectivity index (χ4n) is 3.86. The molecule has 0 spiro atoms. The van der Waals surface area contributed by atoms with E-state index in [-0.39, 0.29) is 5.78 Å². The van der Waals surface area contributed by atoms with E-state index in [0.29, 0.717) is 21.4 Å². The Bertz CT molecular complexity index is 664. The van der Waals surface area contributed by atoms with Gasteiger partial charge in [-0.15, -0.1) is 0 Å². The second kappa shape index (κ2) is 5.90. The maximum Gasteiger partial charge on any atom is 0.174 e. The highest BCUT2D eigenvalue weighted by molar-refractivity contribution is 6.45. The van der Waals surface area contributed by atoms with Gasteiger partial charge in [0.25, 0.3) is 0 Å². The molecule has 0 N–H and O–H groups in total. The minimum atomic E-state index is -0.393. The number of methoxy groups -OCH3 is 1. The fourth-order valence-corrected chi connectivity index (χ4v) is 4.38. The van der Waals surface area contributed by atoms with Crippen LogP contribution in [0.3, 0.4) is 0 Å². The number of allylic oxidation sites excluding steroid dienone is 2. The van der Waals surface area contributed by atoms with Gasteiger partial charge in [-0.05, 0) is 37.3 Å². The van der Waals surface area contributed by atoms with Gasteiger partial charge in [-0.25, -0.2) is 0 Å². The van der Waals surface area contributed by atoms with Crippen molar-refractivity contribution in [2.75, 3.05) is 7.11 Å². The Morgan fingerprint density at radius 3 is 2.77 bits per heavy atom. The third-order valence-electron chi connectivity index (χ3n) is 4.97. The lowest BCUT2D eigenvalue weighted by Gasteiger charge is -2.32. The predicted molar refractivity (Wildman–Crippen MR) is 91.1 cm³/mol. The van der Waals surface area contributed by atoms with Crippen LogP contribution >= 0.6 is 23.2 Å². The average molecular weight is 339 g/mol. The third-order valence-corrected chi connectivity index (χ3v) is 5.82. The van der Waals surface area contributed by atoms with Crippen LogP contribution in [0.25, 0.3) is 5.57 Å². The Balaban J connectivity index is 2.21. The molecule has 2 aliphatic carbocycles. The van der Waals surface area contributed by atoms with Crippen molar-refractivity contribution in [1.29, 1.82) is 0 Å². The number of unbranched alkanes of at least 4 members (excludes halogenated alkanes) is 1. The number of hydrogen-bond acceptors (Lipinski definition) is 2. The monoisotopic (exact) mass is 338 g/mol. The number of rotatable bonds is 4. The van der Waals surface area contributed by atoms with Crippen molar-refractivity contribution in [2.45, 2.75) is 45.4 Å². The van der Waals surface area contributed by atoms with Gasteiger partial charge in [-0.3, -0.25) is 4.79 Å². The van der Waals surface area contributed by atoms with E-state index in [2.05, 4.69) is 13.0 Å². The summed E-state index contributed by atoms with van der Waals surface area (Å²) in [7, 11) is 1.54. The molecular formula is C18H20Cl2O2. The molecule has 1 aromatic rings. The van der Waals surface area contributed by atoms with Gasteiger partial charge in [0.2, 0.25) is 0 Å². The van der Waals surface area contributed by atoms with Crippen LogP contribution in [0.15, 0.2) is 12.1 Å². The van der Waals surface area contributed by atoms with Gasteiger partial charge in [-0.1, -0.05) is 49.0 Å². The summed E-state index contributed by atoms with van der Waals surface area (Å²) < 4.78 is 5.28. The lowest BCUT2D eigenvalue weighted by molar-refractivity contribution is 0.0846. The van der Waals surface area contributed by atoms with Gasteiger partial charge in [0.05, 0.1) is 17.5 Å². The molecule has 118 valence electrons. The first-order valence-electron chi connectivity index (χ1n) is 7.88. The molecule has 0 aromatic heterocycles. The summed E-state index contributed by atoms with van der Waals surface area (Å²) in [6, 6.07) is 1.76. The summed E-state index contributed by atoms with van der Waals surface area (Å²) in [5, 5.41) is 0.851. The van der Waals surface area contributed by atoms with Crippen LogP contribution in [-0.2, 0) is 0 Å². The van der Waals surface area contributed by atoms with E-state index in [1.54, 1.807) is 13.2 Å². The van der Waals surface area contributed by atoms with E-state index in [4.69, 9.17) is 27.9 Å². The van der Waals surface area contributed by atoms with Crippen LogP contribution in [-0.4, -0.2) is 12.9 Å². The SMILES string of the molecule is CCCCC12CCCC=C1c1c(cc(OC)c(Cl)c1Cl)C2=O. The van der Waals surface area contributed by atoms with E-state index in [1.165, 1.54) is 0 Å². The van der Waals surface area contributed by atoms with Crippen molar-refractivity contribution in [3.8, 4) is 5.75 Å². The van der Waals surface area contributed by atoms with Gasteiger partial charge in [0, 0.05) is 11.1 Å². The van der Waals surface area contributed by atoms with Crippen LogP contribution in [0.4, 0.5) is 0 Å². The van der Waals surface area contributed by atoms with E-state index in [0.717, 1.165) is 49.7 Å². The molecular weight excluding hydrogens is 319 g/mol. The topological polar surface area (TPSA) is 26.3 Å². The minimum absolute atomic E-state index is 0.193. The summed E-state index contributed by atoms with van der Waals surface area (Å²) in [5.74, 6) is 0.669. The first kappa shape index (κ1) is 15.9. The maximum atomic E-state index is 13.2. The van der Waals surface area contributed by atoms with Crippen molar-refractivity contribution in [2.24, 2.45) is 5.41 Å². The van der Waals surface area contributed by atoms with Crippen LogP contribution in [0.1, 0.15) is 61.4 Å². The number of ether oxygens (including phenoxy) is 1. The Hall–Kier alpha value is -0.990. The van der Waals surface area contributed by atoms with Gasteiger partial charge >= 0.3 is 0 Å². The molecule has 0 saturated carbocycles. The standard InChI is InChI=1S/C18H20Cl2O2/c1-3-4-8-18-9-6-5-7-12(18)14-11(17(18)21)10-13(22-2)15(19)16(14)20/h7,10H,3-6,8-9H2,1-2H3. The minimum Gasteiger partial charge on any atom is -0.495 e. The predicted octanol–water partition coefficient (Wildman–Crippen LogP) is 5.94. The van der Waals surface area contributed by atoms with E-state index >= 15 is 0 Å². The maximum absolute atomic E-state index is 13.2. The Kier molecular flexibility index (Phi) is 4.26. The molecule has 0 radical (unpaired) electrons. The van der Waals surface area contributed by atoms with Gasteiger partial charge in [-0.2, -0.15) is 0 Å². The van der Waals surface area contributed by atoms with Crippen molar-refractivity contribution in [3.63, 3.8) is 0 Å². The van der Waals surface area contributed by atoms with Crippen molar-refractivity contribution in [1.82, 2.24) is 0 Å². The first-order valence-corrected chi connectivity index (χ1v) is 8.64. The molecule has 3 rings (SSSR count). The number of benzene rings is 1. The summed E-state index contributed by atoms with van der Waals surface area (Å²) in [4.78, 5) is 13.2. The molecule has 0 fully saturated rings. The number of halogens is 2. The molecule has 4 heteroatoms. The second-order valence-corrected chi connectivity index (χ2v) is 6.91. The number of carbonyl (C=O) groups excluding carboxylic acids is 1. The molecule has 22 heavy (non-hydrogen) atoms. The molecule has 1 atom stereocenters. The van der Waals surface area contributed by atoms with Crippen LogP contribution in [0.5, 0.6) is 5.75 Å². The third kappa shape index (κ3) is 2.11. The molecule has 2 nitrogen and oxygen atoms in total. The normalized spacial score (nSPS) is 23.1. The summed E-state index contributed by atoms with van der Waals surface area (Å²) >= 11 is 12.8. The Labute approximate surface area is 141 Å². The molecule has 0 heterocycles. The summed E-state index contributed by atoms with van der Waals surface area (Å²) in [6.45, 7) is 2.16. The number of fused-ring (bicyclic) bond motifs is 3. The number of hydrogen-bond donors (Lipinski definition) is 0. The zero-order chi connectivity index (χ0) is 15.9. The lowest BCUT2D eigenvalue weighted by atomic mass is 9.69. The van der Waals surface area contributed by atoms with E-state index in [9.17, 15) is 4.79 Å². The van der Waals surface area contributed by atoms with E-state index < -0.39 is 5.41 Å². The van der Waals surface area contributed by atoms with Crippen molar-refractivity contribution in [3.05, 3.63) is 33.3 Å². The van der Waals surface area contributed by atoms with Gasteiger partial charge in [0.15, 0.2) is 5.78 Å².